The molecule has 0 atom stereocenters. The second-order valence-corrected chi connectivity index (χ2v) is 4.95. The molecule has 0 unspecified atom stereocenters. The molecule has 0 amide bonds. The predicted molar refractivity (Wildman–Crippen MR) is 80.4 cm³/mol. The summed E-state index contributed by atoms with van der Waals surface area (Å²) in [4.78, 5) is 10.8. The summed E-state index contributed by atoms with van der Waals surface area (Å²) >= 11 is 0. The number of carboxylic acid groups (broad SMARTS) is 1. The van der Waals surface area contributed by atoms with Crippen molar-refractivity contribution in [2.45, 2.75) is 13.2 Å². The Morgan fingerprint density at radius 2 is 1.81 bits per heavy atom. The normalized spacial score (nSPS) is 10.9. The fraction of sp³-hybridized carbons (Fsp3) is 0.118. The van der Waals surface area contributed by atoms with Crippen LogP contribution in [0.15, 0.2) is 54.7 Å². The molecule has 0 saturated heterocycles. The molecule has 21 heavy (non-hydrogen) atoms. The van der Waals surface area contributed by atoms with Crippen molar-refractivity contribution < 1.29 is 15.0 Å². The maximum absolute atomic E-state index is 10.8. The standard InChI is InChI=1S/C17H15NO3/c19-11-14-2-1-3-16-15(14)8-9-18(16)10-12-4-6-13(7-5-12)17(20)21/h1-9,19H,10-11H2,(H,20,21). The molecule has 0 bridgehead atoms. The highest BCUT2D eigenvalue weighted by Crippen LogP contribution is 2.21. The van der Waals surface area contributed by atoms with E-state index < -0.39 is 5.97 Å². The first kappa shape index (κ1) is 13.4. The Hall–Kier alpha value is -2.59. The summed E-state index contributed by atoms with van der Waals surface area (Å²) in [6.07, 6.45) is 1.98. The molecule has 106 valence electrons. The summed E-state index contributed by atoms with van der Waals surface area (Å²) < 4.78 is 2.09. The van der Waals surface area contributed by atoms with E-state index in [0.717, 1.165) is 22.0 Å². The summed E-state index contributed by atoms with van der Waals surface area (Å²) in [7, 11) is 0. The average molecular weight is 281 g/mol. The summed E-state index contributed by atoms with van der Waals surface area (Å²) in [5, 5.41) is 19.3. The van der Waals surface area contributed by atoms with E-state index >= 15 is 0 Å². The van der Waals surface area contributed by atoms with Gasteiger partial charge in [0, 0.05) is 23.6 Å². The van der Waals surface area contributed by atoms with Gasteiger partial charge < -0.3 is 14.8 Å². The van der Waals surface area contributed by atoms with E-state index in [4.69, 9.17) is 5.11 Å². The van der Waals surface area contributed by atoms with Crippen LogP contribution in [-0.4, -0.2) is 20.7 Å². The van der Waals surface area contributed by atoms with Gasteiger partial charge in [-0.1, -0.05) is 24.3 Å². The number of carboxylic acids is 1. The zero-order chi connectivity index (χ0) is 14.8. The van der Waals surface area contributed by atoms with Crippen LogP contribution in [0.3, 0.4) is 0 Å². The van der Waals surface area contributed by atoms with Crippen LogP contribution in [-0.2, 0) is 13.2 Å². The molecule has 2 N–H and O–H groups in total. The summed E-state index contributed by atoms with van der Waals surface area (Å²) in [6, 6.07) is 14.7. The zero-order valence-corrected chi connectivity index (χ0v) is 11.4. The van der Waals surface area contributed by atoms with Crippen molar-refractivity contribution in [1.29, 1.82) is 0 Å². The van der Waals surface area contributed by atoms with Crippen molar-refractivity contribution in [2.24, 2.45) is 0 Å². The first-order chi connectivity index (χ1) is 10.2. The van der Waals surface area contributed by atoms with Crippen molar-refractivity contribution in [2.75, 3.05) is 0 Å². The molecule has 0 aliphatic carbocycles. The fourth-order valence-corrected chi connectivity index (χ4v) is 2.51. The molecular weight excluding hydrogens is 266 g/mol. The quantitative estimate of drug-likeness (QED) is 0.773. The maximum Gasteiger partial charge on any atom is 0.335 e. The number of fused-ring (bicyclic) bond motifs is 1. The van der Waals surface area contributed by atoms with E-state index in [1.54, 1.807) is 12.1 Å². The van der Waals surface area contributed by atoms with Gasteiger partial charge in [0.25, 0.3) is 0 Å². The lowest BCUT2D eigenvalue weighted by Gasteiger charge is -2.07. The van der Waals surface area contributed by atoms with Crippen molar-refractivity contribution in [3.05, 3.63) is 71.4 Å². The second kappa shape index (κ2) is 5.42. The van der Waals surface area contributed by atoms with Crippen molar-refractivity contribution in [3.8, 4) is 0 Å². The van der Waals surface area contributed by atoms with E-state index in [9.17, 15) is 9.90 Å². The lowest BCUT2D eigenvalue weighted by atomic mass is 10.1. The fourth-order valence-electron chi connectivity index (χ4n) is 2.51. The highest BCUT2D eigenvalue weighted by Gasteiger charge is 2.06. The van der Waals surface area contributed by atoms with Gasteiger partial charge in [-0.2, -0.15) is 0 Å². The summed E-state index contributed by atoms with van der Waals surface area (Å²) in [5.41, 5.74) is 3.29. The molecule has 1 heterocycles. The number of hydrogen-bond acceptors (Lipinski definition) is 2. The van der Waals surface area contributed by atoms with E-state index in [1.807, 2.05) is 42.6 Å². The van der Waals surface area contributed by atoms with Crippen LogP contribution in [0.2, 0.25) is 0 Å². The molecule has 2 aromatic carbocycles. The van der Waals surface area contributed by atoms with E-state index in [2.05, 4.69) is 4.57 Å². The van der Waals surface area contributed by atoms with E-state index in [1.165, 1.54) is 0 Å². The molecule has 0 aliphatic heterocycles. The molecular formula is C17H15NO3. The number of benzene rings is 2. The Labute approximate surface area is 121 Å². The van der Waals surface area contributed by atoms with Crippen LogP contribution in [0, 0.1) is 0 Å². The van der Waals surface area contributed by atoms with Gasteiger partial charge in [0.05, 0.1) is 12.2 Å². The summed E-state index contributed by atoms with van der Waals surface area (Å²) in [6.45, 7) is 0.687. The number of aromatic carboxylic acids is 1. The maximum atomic E-state index is 10.8. The lowest BCUT2D eigenvalue weighted by molar-refractivity contribution is 0.0697. The molecule has 0 saturated carbocycles. The van der Waals surface area contributed by atoms with Gasteiger partial charge in [-0.25, -0.2) is 4.79 Å². The number of hydrogen-bond donors (Lipinski definition) is 2. The third-order valence-corrected chi connectivity index (χ3v) is 3.63. The number of aromatic nitrogens is 1. The van der Waals surface area contributed by atoms with Gasteiger partial charge in [0.15, 0.2) is 0 Å². The van der Waals surface area contributed by atoms with Gasteiger partial charge in [-0.05, 0) is 35.4 Å². The molecule has 1 aromatic heterocycles. The Balaban J connectivity index is 1.93. The molecule has 0 radical (unpaired) electrons. The molecule has 0 spiro atoms. The molecule has 4 heteroatoms. The first-order valence-corrected chi connectivity index (χ1v) is 6.69. The van der Waals surface area contributed by atoms with Gasteiger partial charge in [0.1, 0.15) is 0 Å². The van der Waals surface area contributed by atoms with Crippen molar-refractivity contribution in [3.63, 3.8) is 0 Å². The van der Waals surface area contributed by atoms with Crippen LogP contribution >= 0.6 is 0 Å². The number of rotatable bonds is 4. The second-order valence-electron chi connectivity index (χ2n) is 4.95. The molecule has 0 aliphatic rings. The summed E-state index contributed by atoms with van der Waals surface area (Å²) in [5.74, 6) is -0.916. The Morgan fingerprint density at radius 3 is 2.48 bits per heavy atom. The number of nitrogens with zero attached hydrogens (tertiary/aromatic N) is 1. The number of aliphatic hydroxyl groups is 1. The van der Waals surface area contributed by atoms with E-state index in [-0.39, 0.29) is 6.61 Å². The minimum absolute atomic E-state index is 0.0225. The largest absolute Gasteiger partial charge is 0.478 e. The molecule has 3 rings (SSSR count). The minimum Gasteiger partial charge on any atom is -0.478 e. The van der Waals surface area contributed by atoms with Crippen molar-refractivity contribution >= 4 is 16.9 Å². The van der Waals surface area contributed by atoms with Crippen LogP contribution in [0.25, 0.3) is 10.9 Å². The zero-order valence-electron chi connectivity index (χ0n) is 11.4. The molecule has 0 fully saturated rings. The molecule has 4 nitrogen and oxygen atoms in total. The van der Waals surface area contributed by atoms with Gasteiger partial charge >= 0.3 is 5.97 Å². The smallest absolute Gasteiger partial charge is 0.335 e. The van der Waals surface area contributed by atoms with Crippen LogP contribution in [0.1, 0.15) is 21.5 Å². The lowest BCUT2D eigenvalue weighted by Crippen LogP contribution is -2.00. The number of carbonyl (C=O) groups is 1. The Kier molecular flexibility index (Phi) is 3.46. The molecule has 3 aromatic rings. The van der Waals surface area contributed by atoms with Gasteiger partial charge in [-0.3, -0.25) is 0 Å². The van der Waals surface area contributed by atoms with Crippen molar-refractivity contribution in [1.82, 2.24) is 4.57 Å². The third kappa shape index (κ3) is 2.53. The van der Waals surface area contributed by atoms with Crippen LogP contribution < -0.4 is 0 Å². The van der Waals surface area contributed by atoms with Gasteiger partial charge in [-0.15, -0.1) is 0 Å². The monoisotopic (exact) mass is 281 g/mol. The van der Waals surface area contributed by atoms with Crippen LogP contribution in [0.5, 0.6) is 0 Å². The predicted octanol–water partition coefficient (Wildman–Crippen LogP) is 2.88. The third-order valence-electron chi connectivity index (χ3n) is 3.63. The Morgan fingerprint density at radius 1 is 1.05 bits per heavy atom. The SMILES string of the molecule is O=C(O)c1ccc(Cn2ccc3c(CO)cccc32)cc1. The van der Waals surface area contributed by atoms with E-state index in [0.29, 0.717) is 12.1 Å². The first-order valence-electron chi connectivity index (χ1n) is 6.69. The van der Waals surface area contributed by atoms with Gasteiger partial charge in [0.2, 0.25) is 0 Å². The highest BCUT2D eigenvalue weighted by molar-refractivity contribution is 5.87. The Bertz CT molecular complexity index is 787. The topological polar surface area (TPSA) is 62.5 Å². The minimum atomic E-state index is -0.916. The average Bonchev–Trinajstić information content (AvgIpc) is 2.91. The highest BCUT2D eigenvalue weighted by atomic mass is 16.4. The number of aliphatic hydroxyl groups excluding tert-OH is 1. The van der Waals surface area contributed by atoms with Crippen LogP contribution in [0.4, 0.5) is 0 Å².